The molecule has 4 aliphatic rings. The minimum atomic E-state index is -0.609. The molecule has 3 aliphatic carbocycles. The summed E-state index contributed by atoms with van der Waals surface area (Å²) in [6.45, 7) is 4.14. The van der Waals surface area contributed by atoms with Crippen LogP contribution in [0, 0.1) is 0 Å². The van der Waals surface area contributed by atoms with E-state index in [1.165, 1.54) is 117 Å². The molecule has 1 aromatic heterocycles. The molecule has 354 valence electrons. The highest BCUT2D eigenvalue weighted by Gasteiger charge is 2.53. The van der Waals surface area contributed by atoms with Crippen molar-refractivity contribution in [1.82, 2.24) is 4.57 Å². The summed E-state index contributed by atoms with van der Waals surface area (Å²) in [5, 5.41) is 2.54. The monoisotopic (exact) mass is 964 g/mol. The van der Waals surface area contributed by atoms with Crippen molar-refractivity contribution < 1.29 is 0 Å². The molecule has 0 N–H and O–H groups in total. The van der Waals surface area contributed by atoms with Crippen LogP contribution in [0.25, 0.3) is 77.7 Å². The van der Waals surface area contributed by atoms with E-state index in [1.807, 2.05) is 12.2 Å². The third-order valence-electron chi connectivity index (χ3n) is 17.2. The van der Waals surface area contributed by atoms with Gasteiger partial charge in [0.1, 0.15) is 0 Å². The third-order valence-corrected chi connectivity index (χ3v) is 17.2. The van der Waals surface area contributed by atoms with Crippen LogP contribution in [0.2, 0.25) is 0 Å². The first-order valence-electron chi connectivity index (χ1n) is 26.5. The average Bonchev–Trinajstić information content (AvgIpc) is 4.29. The average molecular weight is 965 g/mol. The fraction of sp³-hybridized carbons (Fsp3) is 0.0270. The van der Waals surface area contributed by atoms with Gasteiger partial charge in [0.25, 0.3) is 0 Å². The van der Waals surface area contributed by atoms with Crippen molar-refractivity contribution in [3.63, 3.8) is 0 Å². The molecular weight excluding hydrogens is 917 g/mol. The van der Waals surface area contributed by atoms with Crippen molar-refractivity contribution in [3.8, 4) is 50.2 Å². The zero-order valence-corrected chi connectivity index (χ0v) is 41.7. The second-order valence-corrected chi connectivity index (χ2v) is 20.7. The van der Waals surface area contributed by atoms with Crippen LogP contribution in [0.5, 0.6) is 0 Å². The Labute approximate surface area is 442 Å². The van der Waals surface area contributed by atoms with E-state index in [2.05, 4.69) is 283 Å². The minimum Gasteiger partial charge on any atom is -0.310 e. The highest BCUT2D eigenvalue weighted by molar-refractivity contribution is 6.13. The molecular formula is C74H48N2. The van der Waals surface area contributed by atoms with Crippen LogP contribution in [0.15, 0.2) is 286 Å². The third kappa shape index (κ3) is 5.55. The molecule has 11 aromatic carbocycles. The van der Waals surface area contributed by atoms with E-state index in [1.54, 1.807) is 0 Å². The number of rotatable bonds is 7. The first-order chi connectivity index (χ1) is 37.7. The Hall–Kier alpha value is -9.76. The Morgan fingerprint density at radius 3 is 1.51 bits per heavy atom. The molecule has 2 heteroatoms. The maximum Gasteiger partial charge on any atom is 0.0754 e. The number of aromatic nitrogens is 1. The zero-order valence-electron chi connectivity index (χ0n) is 41.7. The second-order valence-electron chi connectivity index (χ2n) is 20.7. The van der Waals surface area contributed by atoms with Crippen LogP contribution in [-0.2, 0) is 10.8 Å². The first-order valence-corrected chi connectivity index (χ1v) is 26.5. The molecule has 0 saturated carbocycles. The van der Waals surface area contributed by atoms with Crippen LogP contribution in [0.3, 0.4) is 0 Å². The molecule has 0 amide bonds. The summed E-state index contributed by atoms with van der Waals surface area (Å²) < 4.78 is 2.53. The van der Waals surface area contributed by atoms with Gasteiger partial charge < -0.3 is 9.47 Å². The number of allylic oxidation sites excluding steroid dienone is 4. The van der Waals surface area contributed by atoms with E-state index in [9.17, 15) is 0 Å². The fourth-order valence-corrected chi connectivity index (χ4v) is 14.3. The predicted octanol–water partition coefficient (Wildman–Crippen LogP) is 18.4. The molecule has 1 atom stereocenters. The highest BCUT2D eigenvalue weighted by Crippen LogP contribution is 2.64. The highest BCUT2D eigenvalue weighted by atomic mass is 15.1. The van der Waals surface area contributed by atoms with E-state index in [-0.39, 0.29) is 0 Å². The van der Waals surface area contributed by atoms with Crippen molar-refractivity contribution in [1.29, 1.82) is 0 Å². The van der Waals surface area contributed by atoms with Gasteiger partial charge in [0.15, 0.2) is 0 Å². The van der Waals surface area contributed by atoms with Crippen molar-refractivity contribution in [2.24, 2.45) is 0 Å². The topological polar surface area (TPSA) is 8.17 Å². The maximum atomic E-state index is 4.14. The largest absolute Gasteiger partial charge is 0.310 e. The lowest BCUT2D eigenvalue weighted by Crippen LogP contribution is -2.33. The zero-order chi connectivity index (χ0) is 50.1. The van der Waals surface area contributed by atoms with Crippen LogP contribution < -0.4 is 4.90 Å². The summed E-state index contributed by atoms with van der Waals surface area (Å²) in [5.41, 5.74) is 27.4. The van der Waals surface area contributed by atoms with Gasteiger partial charge >= 0.3 is 0 Å². The first kappa shape index (κ1) is 42.7. The van der Waals surface area contributed by atoms with Gasteiger partial charge in [0.05, 0.1) is 33.2 Å². The number of fused-ring (bicyclic) bond motifs is 22. The Morgan fingerprint density at radius 2 is 0.855 bits per heavy atom. The van der Waals surface area contributed by atoms with Crippen molar-refractivity contribution in [2.75, 3.05) is 4.90 Å². The van der Waals surface area contributed by atoms with Gasteiger partial charge in [-0.25, -0.2) is 0 Å². The van der Waals surface area contributed by atoms with Crippen LogP contribution >= 0.6 is 0 Å². The number of hydrogen-bond acceptors (Lipinski definition) is 1. The smallest absolute Gasteiger partial charge is 0.0754 e. The summed E-state index contributed by atoms with van der Waals surface area (Å²) in [5.74, 6) is 0. The van der Waals surface area contributed by atoms with Crippen LogP contribution in [-0.4, -0.2) is 4.57 Å². The van der Waals surface area contributed by atoms with Gasteiger partial charge in [-0.2, -0.15) is 0 Å². The molecule has 2 heterocycles. The Balaban J connectivity index is 0.969. The quantitative estimate of drug-likeness (QED) is 0.145. The van der Waals surface area contributed by atoms with Crippen LogP contribution in [0.1, 0.15) is 50.1 Å². The molecule has 0 saturated heterocycles. The van der Waals surface area contributed by atoms with E-state index in [4.69, 9.17) is 0 Å². The lowest BCUT2D eigenvalue weighted by Gasteiger charge is -2.40. The van der Waals surface area contributed by atoms with Gasteiger partial charge in [0.2, 0.25) is 0 Å². The van der Waals surface area contributed by atoms with Gasteiger partial charge in [-0.1, -0.05) is 237 Å². The fourth-order valence-electron chi connectivity index (χ4n) is 14.3. The van der Waals surface area contributed by atoms with Crippen molar-refractivity contribution >= 4 is 38.9 Å². The number of hydrogen-bond donors (Lipinski definition) is 0. The summed E-state index contributed by atoms with van der Waals surface area (Å²) in [7, 11) is 0. The molecule has 76 heavy (non-hydrogen) atoms. The second kappa shape index (κ2) is 16.1. The lowest BCUT2D eigenvalue weighted by molar-refractivity contribution is 0.748. The van der Waals surface area contributed by atoms with E-state index < -0.39 is 10.8 Å². The maximum absolute atomic E-state index is 4.14. The Morgan fingerprint density at radius 1 is 0.368 bits per heavy atom. The Bertz CT molecular complexity index is 4420. The molecule has 12 aromatic rings. The van der Waals surface area contributed by atoms with Crippen LogP contribution in [0.4, 0.5) is 11.4 Å². The van der Waals surface area contributed by atoms with E-state index in [0.717, 1.165) is 22.6 Å². The summed E-state index contributed by atoms with van der Waals surface area (Å²) in [6.07, 6.45) is 8.34. The minimum absolute atomic E-state index is 0.506. The number of benzene rings is 11. The van der Waals surface area contributed by atoms with Crippen molar-refractivity contribution in [2.45, 2.75) is 10.8 Å². The number of para-hydroxylation sites is 3. The molecule has 0 fully saturated rings. The van der Waals surface area contributed by atoms with Crippen molar-refractivity contribution in [3.05, 3.63) is 336 Å². The number of anilines is 2. The summed E-state index contributed by atoms with van der Waals surface area (Å²) in [6, 6.07) is 95.8. The Kier molecular flexibility index (Phi) is 9.06. The molecule has 1 unspecified atom stereocenters. The number of nitrogens with zero attached hydrogens (tertiary/aromatic N) is 2. The molecule has 2 nitrogen and oxygen atoms in total. The van der Waals surface area contributed by atoms with E-state index >= 15 is 0 Å². The lowest BCUT2D eigenvalue weighted by atomic mass is 9.65. The molecule has 2 spiro atoms. The van der Waals surface area contributed by atoms with Gasteiger partial charge in [0, 0.05) is 22.1 Å². The summed E-state index contributed by atoms with van der Waals surface area (Å²) >= 11 is 0. The van der Waals surface area contributed by atoms with Gasteiger partial charge in [-0.05, 0) is 143 Å². The molecule has 0 radical (unpaired) electrons. The standard InChI is InChI=1S/C74H48N2/c1-2-3-5-35-69(50-40-44-57-55-25-11-16-32-64(55)74(67(57)46-50)65-33-17-19-37-71(65)76-70-36-18-12-27-59(70)60-28-20-34-66(74)72(60)76)75(51-41-38-49(39-42-51)48-21-6-4-7-22-48)52-43-45-58-56-26-10-15-31-63(56)73(68(58)47-52)61-29-13-8-23-53(61)54-24-9-14-30-62(54)73/h2-47H,1H2/b5-3-,69-35-. The summed E-state index contributed by atoms with van der Waals surface area (Å²) in [4.78, 5) is 2.50. The molecule has 0 bridgehead atoms. The normalized spacial score (nSPS) is 15.6. The SMILES string of the molecule is C=C/C=C\C=C(\c1ccc2c(c1)C1(c3ccccc3-2)c2ccccc2-n2c3ccccc3c3cccc1c32)N(c1ccc(-c2ccccc2)cc1)c1ccc2c(c1)C1(c3ccccc3-c3ccccc31)c1ccccc1-2. The molecule has 1 aliphatic heterocycles. The van der Waals surface area contributed by atoms with Gasteiger partial charge in [-0.15, -0.1) is 0 Å². The predicted molar refractivity (Wildman–Crippen MR) is 316 cm³/mol. The van der Waals surface area contributed by atoms with E-state index in [0.29, 0.717) is 0 Å². The van der Waals surface area contributed by atoms with Gasteiger partial charge in [-0.3, -0.25) is 0 Å². The molecule has 16 rings (SSSR count).